The molecular weight excluding hydrogens is 150 g/mol. The fourth-order valence-electron chi connectivity index (χ4n) is 1.57. The van der Waals surface area contributed by atoms with Crippen LogP contribution in [0.5, 0.6) is 0 Å². The number of hydrogen-bond donors (Lipinski definition) is 1. The molecule has 12 heavy (non-hydrogen) atoms. The lowest BCUT2D eigenvalue weighted by Gasteiger charge is -2.26. The van der Waals surface area contributed by atoms with Gasteiger partial charge >= 0.3 is 0 Å². The highest BCUT2D eigenvalue weighted by Crippen LogP contribution is 2.25. The molecule has 2 nitrogen and oxygen atoms in total. The van der Waals surface area contributed by atoms with E-state index in [0.717, 1.165) is 19.1 Å². The lowest BCUT2D eigenvalue weighted by molar-refractivity contribution is 0.156. The van der Waals surface area contributed by atoms with Crippen LogP contribution in [0.1, 0.15) is 26.2 Å². The fraction of sp³-hybridized carbons (Fsp3) is 1.00. The van der Waals surface area contributed by atoms with Crippen molar-refractivity contribution in [2.75, 3.05) is 26.8 Å². The number of hydrogen-bond acceptors (Lipinski definition) is 2. The Kier molecular flexibility index (Phi) is 4.62. The normalized spacial score (nSPS) is 20.5. The molecule has 2 heteroatoms. The van der Waals surface area contributed by atoms with Crippen molar-refractivity contribution in [1.29, 1.82) is 0 Å². The maximum absolute atomic E-state index is 5.06. The predicted molar refractivity (Wildman–Crippen MR) is 51.3 cm³/mol. The Bertz CT molecular complexity index is 112. The molecule has 1 unspecified atom stereocenters. The molecule has 72 valence electrons. The minimum Gasteiger partial charge on any atom is -0.384 e. The van der Waals surface area contributed by atoms with E-state index in [1.165, 1.54) is 25.8 Å². The third kappa shape index (κ3) is 3.55. The molecule has 1 aliphatic carbocycles. The van der Waals surface area contributed by atoms with Crippen LogP contribution in [0, 0.1) is 11.8 Å². The Labute approximate surface area is 75.7 Å². The van der Waals surface area contributed by atoms with Crippen LogP contribution in [0.4, 0.5) is 0 Å². The molecule has 1 aliphatic rings. The Balaban J connectivity index is 1.86. The average Bonchev–Trinajstić information content (AvgIpc) is 1.95. The summed E-state index contributed by atoms with van der Waals surface area (Å²) in [7, 11) is 1.77. The molecule has 0 radical (unpaired) electrons. The largest absolute Gasteiger partial charge is 0.384 e. The van der Waals surface area contributed by atoms with Gasteiger partial charge < -0.3 is 10.1 Å². The second-order valence-corrected chi connectivity index (χ2v) is 4.02. The Morgan fingerprint density at radius 1 is 1.50 bits per heavy atom. The zero-order valence-electron chi connectivity index (χ0n) is 8.31. The van der Waals surface area contributed by atoms with Crippen molar-refractivity contribution < 1.29 is 4.74 Å². The third-order valence-electron chi connectivity index (χ3n) is 2.60. The van der Waals surface area contributed by atoms with Gasteiger partial charge in [-0.3, -0.25) is 0 Å². The highest BCUT2D eigenvalue weighted by molar-refractivity contribution is 4.72. The van der Waals surface area contributed by atoms with E-state index in [-0.39, 0.29) is 0 Å². The smallest absolute Gasteiger partial charge is 0.0499 e. The van der Waals surface area contributed by atoms with Crippen LogP contribution in [-0.4, -0.2) is 26.8 Å². The van der Waals surface area contributed by atoms with Crippen LogP contribution in [-0.2, 0) is 4.74 Å². The predicted octanol–water partition coefficient (Wildman–Crippen LogP) is 1.66. The second kappa shape index (κ2) is 5.55. The number of methoxy groups -OCH3 is 1. The van der Waals surface area contributed by atoms with Crippen molar-refractivity contribution in [1.82, 2.24) is 5.32 Å². The van der Waals surface area contributed by atoms with Crippen molar-refractivity contribution in [3.8, 4) is 0 Å². The van der Waals surface area contributed by atoms with Gasteiger partial charge in [-0.1, -0.05) is 13.3 Å². The Morgan fingerprint density at radius 2 is 2.25 bits per heavy atom. The van der Waals surface area contributed by atoms with Crippen molar-refractivity contribution in [2.24, 2.45) is 11.8 Å². The van der Waals surface area contributed by atoms with Crippen LogP contribution in [0.15, 0.2) is 0 Å². The molecule has 1 fully saturated rings. The third-order valence-corrected chi connectivity index (χ3v) is 2.60. The molecule has 1 saturated carbocycles. The Hall–Kier alpha value is -0.0800. The van der Waals surface area contributed by atoms with Crippen LogP contribution >= 0.6 is 0 Å². The Morgan fingerprint density at radius 3 is 2.75 bits per heavy atom. The van der Waals surface area contributed by atoms with Gasteiger partial charge in [0, 0.05) is 13.7 Å². The zero-order chi connectivity index (χ0) is 8.81. The molecule has 1 atom stereocenters. The lowest BCUT2D eigenvalue weighted by atomic mass is 9.85. The first-order valence-electron chi connectivity index (χ1n) is 5.02. The summed E-state index contributed by atoms with van der Waals surface area (Å²) in [6.45, 7) is 5.41. The summed E-state index contributed by atoms with van der Waals surface area (Å²) in [5, 5.41) is 3.49. The summed E-state index contributed by atoms with van der Waals surface area (Å²) in [6, 6.07) is 0. The zero-order valence-corrected chi connectivity index (χ0v) is 8.31. The maximum atomic E-state index is 5.06. The van der Waals surface area contributed by atoms with Crippen molar-refractivity contribution in [2.45, 2.75) is 26.2 Å². The van der Waals surface area contributed by atoms with E-state index >= 15 is 0 Å². The molecule has 0 amide bonds. The first-order valence-corrected chi connectivity index (χ1v) is 5.02. The van der Waals surface area contributed by atoms with E-state index in [1.54, 1.807) is 7.11 Å². The number of rotatable bonds is 6. The molecule has 0 aliphatic heterocycles. The van der Waals surface area contributed by atoms with Gasteiger partial charge in [0.05, 0.1) is 0 Å². The van der Waals surface area contributed by atoms with E-state index in [4.69, 9.17) is 4.74 Å². The minimum atomic E-state index is 0.648. The highest BCUT2D eigenvalue weighted by atomic mass is 16.5. The van der Waals surface area contributed by atoms with Gasteiger partial charge in [-0.15, -0.1) is 0 Å². The first-order chi connectivity index (χ1) is 5.83. The molecule has 0 aromatic rings. The molecule has 0 aromatic carbocycles. The van der Waals surface area contributed by atoms with E-state index < -0.39 is 0 Å². The summed E-state index contributed by atoms with van der Waals surface area (Å²) >= 11 is 0. The summed E-state index contributed by atoms with van der Waals surface area (Å²) in [4.78, 5) is 0. The molecule has 0 saturated heterocycles. The van der Waals surface area contributed by atoms with E-state index in [2.05, 4.69) is 12.2 Å². The van der Waals surface area contributed by atoms with Gasteiger partial charge in [0.1, 0.15) is 0 Å². The van der Waals surface area contributed by atoms with Crippen molar-refractivity contribution >= 4 is 0 Å². The van der Waals surface area contributed by atoms with Crippen molar-refractivity contribution in [3.05, 3.63) is 0 Å². The monoisotopic (exact) mass is 171 g/mol. The van der Waals surface area contributed by atoms with Gasteiger partial charge in [0.2, 0.25) is 0 Å². The van der Waals surface area contributed by atoms with E-state index in [9.17, 15) is 0 Å². The van der Waals surface area contributed by atoms with E-state index in [0.29, 0.717) is 5.92 Å². The summed E-state index contributed by atoms with van der Waals surface area (Å²) in [5.41, 5.74) is 0. The quantitative estimate of drug-likeness (QED) is 0.656. The number of ether oxygens (including phenoxy) is 1. The summed E-state index contributed by atoms with van der Waals surface area (Å²) in [5.74, 6) is 1.62. The average molecular weight is 171 g/mol. The van der Waals surface area contributed by atoms with Crippen LogP contribution in [0.2, 0.25) is 0 Å². The standard InChI is InChI=1S/C10H21NO/c1-9(8-12-2)6-11-7-10-4-3-5-10/h9-11H,3-8H2,1-2H3. The maximum Gasteiger partial charge on any atom is 0.0499 e. The molecule has 0 aromatic heterocycles. The first kappa shape index (κ1) is 10.0. The molecule has 1 rings (SSSR count). The van der Waals surface area contributed by atoms with Crippen LogP contribution < -0.4 is 5.32 Å². The minimum absolute atomic E-state index is 0.648. The second-order valence-electron chi connectivity index (χ2n) is 4.02. The summed E-state index contributed by atoms with van der Waals surface area (Å²) < 4.78 is 5.06. The van der Waals surface area contributed by atoms with Crippen LogP contribution in [0.25, 0.3) is 0 Å². The molecule has 1 N–H and O–H groups in total. The molecular formula is C10H21NO. The van der Waals surface area contributed by atoms with Crippen molar-refractivity contribution in [3.63, 3.8) is 0 Å². The van der Waals surface area contributed by atoms with E-state index in [1.807, 2.05) is 0 Å². The SMILES string of the molecule is COCC(C)CNCC1CCC1. The van der Waals surface area contributed by atoms with Gasteiger partial charge in [-0.05, 0) is 37.8 Å². The van der Waals surface area contributed by atoms with Gasteiger partial charge in [-0.2, -0.15) is 0 Å². The topological polar surface area (TPSA) is 21.3 Å². The van der Waals surface area contributed by atoms with Gasteiger partial charge in [-0.25, -0.2) is 0 Å². The van der Waals surface area contributed by atoms with Gasteiger partial charge in [0.25, 0.3) is 0 Å². The highest BCUT2D eigenvalue weighted by Gasteiger charge is 2.16. The molecule has 0 bridgehead atoms. The fourth-order valence-corrected chi connectivity index (χ4v) is 1.57. The van der Waals surface area contributed by atoms with Crippen LogP contribution in [0.3, 0.4) is 0 Å². The summed E-state index contributed by atoms with van der Waals surface area (Å²) in [6.07, 6.45) is 4.32. The number of nitrogens with one attached hydrogen (secondary N) is 1. The molecule has 0 spiro atoms. The van der Waals surface area contributed by atoms with Gasteiger partial charge in [0.15, 0.2) is 0 Å². The lowest BCUT2D eigenvalue weighted by Crippen LogP contribution is -2.31. The molecule has 0 heterocycles.